The molecule has 2 heterocycles. The molecule has 0 bridgehead atoms. The van der Waals surface area contributed by atoms with Crippen LogP contribution in [0.2, 0.25) is 0 Å². The molecule has 0 saturated carbocycles. The molecule has 2 aliphatic heterocycles. The van der Waals surface area contributed by atoms with Gasteiger partial charge in [-0.1, -0.05) is 64.6 Å². The number of carbonyl (C=O) groups is 5. The van der Waals surface area contributed by atoms with Crippen LogP contribution in [0.1, 0.15) is 34.3 Å². The molecule has 12 nitrogen and oxygen atoms in total. The van der Waals surface area contributed by atoms with Crippen LogP contribution >= 0.6 is 21.6 Å². The quantitative estimate of drug-likeness (QED) is 0.218. The molecule has 3 N–H and O–H groups in total. The van der Waals surface area contributed by atoms with Crippen molar-refractivity contribution in [2.24, 2.45) is 0 Å². The lowest BCUT2D eigenvalue weighted by Gasteiger charge is -2.31. The van der Waals surface area contributed by atoms with E-state index in [1.807, 2.05) is 18.2 Å². The van der Waals surface area contributed by atoms with Gasteiger partial charge in [-0.05, 0) is 30.5 Å². The molecule has 4 amide bonds. The smallest absolute Gasteiger partial charge is 0.411 e. The van der Waals surface area contributed by atoms with Gasteiger partial charge >= 0.3 is 18.2 Å². The number of carboxylic acid groups (broad SMARTS) is 1. The molecule has 4 rings (SSSR count). The van der Waals surface area contributed by atoms with E-state index in [1.165, 1.54) is 26.5 Å². The Morgan fingerprint density at radius 1 is 1.05 bits per heavy atom. The van der Waals surface area contributed by atoms with Gasteiger partial charge in [0.05, 0.1) is 0 Å². The molecular formula is C29H32N4O8S2. The molecule has 2 aliphatic rings. The number of ether oxygens (including phenoxy) is 2. The number of piperidine rings is 1. The van der Waals surface area contributed by atoms with E-state index < -0.39 is 30.7 Å². The molecule has 0 radical (unpaired) electrons. The van der Waals surface area contributed by atoms with E-state index in [1.54, 1.807) is 30.3 Å². The number of nitrogens with one attached hydrogen (secondary N) is 2. The first-order valence-corrected chi connectivity index (χ1v) is 16.0. The van der Waals surface area contributed by atoms with Gasteiger partial charge in [0.15, 0.2) is 0 Å². The van der Waals surface area contributed by atoms with Crippen molar-refractivity contribution in [3.05, 3.63) is 77.5 Å². The first kappa shape index (κ1) is 31.8. The first-order chi connectivity index (χ1) is 20.7. The summed E-state index contributed by atoms with van der Waals surface area (Å²) < 4.78 is 10.5. The van der Waals surface area contributed by atoms with E-state index in [9.17, 15) is 24.0 Å². The normalized spacial score (nSPS) is 15.9. The van der Waals surface area contributed by atoms with Crippen LogP contribution < -0.4 is 10.6 Å². The number of rotatable bonds is 13. The zero-order valence-corrected chi connectivity index (χ0v) is 24.9. The van der Waals surface area contributed by atoms with Crippen LogP contribution in [0.15, 0.2) is 60.8 Å². The molecule has 1 fully saturated rings. The summed E-state index contributed by atoms with van der Waals surface area (Å²) in [6, 6.07) is 13.5. The zero-order valence-electron chi connectivity index (χ0n) is 23.3. The fourth-order valence-electron chi connectivity index (χ4n) is 4.62. The highest BCUT2D eigenvalue weighted by molar-refractivity contribution is 8.76. The molecular weight excluding hydrogens is 596 g/mol. The fraction of sp³-hybridized carbons (Fsp3) is 0.345. The Kier molecular flexibility index (Phi) is 11.3. The number of allylic oxidation sites excluding steroid dienone is 1. The summed E-state index contributed by atoms with van der Waals surface area (Å²) in [5.41, 5.74) is 2.95. The molecule has 2 aromatic rings. The summed E-state index contributed by atoms with van der Waals surface area (Å²) in [6.45, 7) is 3.85. The van der Waals surface area contributed by atoms with Gasteiger partial charge in [0.25, 0.3) is 5.91 Å². The van der Waals surface area contributed by atoms with E-state index in [4.69, 9.17) is 14.6 Å². The molecule has 2 aromatic carbocycles. The predicted octanol–water partition coefficient (Wildman–Crippen LogP) is 4.09. The Hall–Kier alpha value is -4.17. The van der Waals surface area contributed by atoms with Crippen LogP contribution in [0.3, 0.4) is 0 Å². The number of anilines is 1. The van der Waals surface area contributed by atoms with Crippen molar-refractivity contribution in [1.82, 2.24) is 15.1 Å². The molecule has 0 aliphatic carbocycles. The largest absolute Gasteiger partial charge is 0.480 e. The van der Waals surface area contributed by atoms with E-state index in [0.29, 0.717) is 46.9 Å². The molecule has 228 valence electrons. The Labute approximate surface area is 256 Å². The third-order valence-corrected chi connectivity index (χ3v) is 8.94. The summed E-state index contributed by atoms with van der Waals surface area (Å²) in [5.74, 6) is -0.711. The number of aliphatic carboxylic acids is 1. The molecule has 1 atom stereocenters. The number of benzene rings is 2. The highest BCUT2D eigenvalue weighted by Gasteiger charge is 2.39. The maximum Gasteiger partial charge on any atom is 0.411 e. The number of hydrogen-bond acceptors (Lipinski definition) is 9. The van der Waals surface area contributed by atoms with Gasteiger partial charge in [-0.25, -0.2) is 9.59 Å². The molecule has 14 heteroatoms. The van der Waals surface area contributed by atoms with Crippen LogP contribution in [0.4, 0.5) is 15.3 Å². The van der Waals surface area contributed by atoms with Crippen LogP contribution in [0.5, 0.6) is 0 Å². The minimum absolute atomic E-state index is 0.0921. The van der Waals surface area contributed by atoms with Gasteiger partial charge in [0.1, 0.15) is 25.8 Å². The van der Waals surface area contributed by atoms with E-state index >= 15 is 0 Å². The summed E-state index contributed by atoms with van der Waals surface area (Å²) in [6.07, 6.45) is -0.287. The lowest BCUT2D eigenvalue weighted by Crippen LogP contribution is -2.49. The van der Waals surface area contributed by atoms with Gasteiger partial charge in [-0.2, -0.15) is 0 Å². The third-order valence-electron chi connectivity index (χ3n) is 6.61. The average molecular weight is 629 g/mol. The number of nitrogens with zero attached hydrogens (tertiary/aromatic N) is 2. The number of carbonyl (C=O) groups excluding carboxylic acids is 4. The summed E-state index contributed by atoms with van der Waals surface area (Å²) in [5, 5.41) is 14.5. The first-order valence-electron chi connectivity index (χ1n) is 13.5. The summed E-state index contributed by atoms with van der Waals surface area (Å²) >= 11 is 0. The van der Waals surface area contributed by atoms with Crippen molar-refractivity contribution in [2.45, 2.75) is 32.0 Å². The standard InChI is InChI=1S/C29H32N4O8S2/c1-19-10-11-24(26(36)30-19)33-17-22-21(27(33)37)8-5-9-23(22)31-28(38)40-12-14-42-43-15-13-41-29(39)32(18-25(34)35)16-20-6-3-2-4-7-20/h2-9,24H,1,10-18H2,(H,30,36)(H,31,38)(H,34,35). The van der Waals surface area contributed by atoms with E-state index in [-0.39, 0.29) is 38.1 Å². The Morgan fingerprint density at radius 3 is 2.47 bits per heavy atom. The van der Waals surface area contributed by atoms with Gasteiger partial charge in [-0.3, -0.25) is 24.6 Å². The number of hydrogen-bond donors (Lipinski definition) is 3. The number of fused-ring (bicyclic) bond motifs is 1. The summed E-state index contributed by atoms with van der Waals surface area (Å²) in [7, 11) is 2.85. The monoisotopic (exact) mass is 628 g/mol. The lowest BCUT2D eigenvalue weighted by atomic mass is 10.0. The molecule has 43 heavy (non-hydrogen) atoms. The minimum Gasteiger partial charge on any atom is -0.480 e. The van der Waals surface area contributed by atoms with Crippen LogP contribution in [-0.2, 0) is 32.2 Å². The lowest BCUT2D eigenvalue weighted by molar-refractivity contribution is -0.138. The Morgan fingerprint density at radius 2 is 1.77 bits per heavy atom. The van der Waals surface area contributed by atoms with Crippen molar-refractivity contribution in [3.8, 4) is 0 Å². The Bertz CT molecular complexity index is 1370. The number of carboxylic acids is 1. The maximum atomic E-state index is 13.0. The molecule has 0 aromatic heterocycles. The van der Waals surface area contributed by atoms with E-state index in [2.05, 4.69) is 17.2 Å². The number of amides is 4. The highest BCUT2D eigenvalue weighted by atomic mass is 33.1. The van der Waals surface area contributed by atoms with Crippen LogP contribution in [0, 0.1) is 0 Å². The SMILES string of the molecule is C=C1CCC(N2Cc3c(NC(=O)OCCSSCCOC(=O)N(CC(=O)O)Cc4ccccc4)cccc3C2=O)C(=O)N1. The van der Waals surface area contributed by atoms with Crippen molar-refractivity contribution < 1.29 is 38.6 Å². The maximum absolute atomic E-state index is 13.0. The Balaban J connectivity index is 1.14. The second-order valence-electron chi connectivity index (χ2n) is 9.67. The van der Waals surface area contributed by atoms with Gasteiger partial charge < -0.3 is 24.8 Å². The summed E-state index contributed by atoms with van der Waals surface area (Å²) in [4.78, 5) is 64.0. The zero-order chi connectivity index (χ0) is 30.8. The van der Waals surface area contributed by atoms with Gasteiger partial charge in [0.2, 0.25) is 5.91 Å². The molecule has 1 saturated heterocycles. The fourth-order valence-corrected chi connectivity index (χ4v) is 6.28. The van der Waals surface area contributed by atoms with Crippen molar-refractivity contribution in [1.29, 1.82) is 0 Å². The minimum atomic E-state index is -1.13. The highest BCUT2D eigenvalue weighted by Crippen LogP contribution is 2.33. The second-order valence-corrected chi connectivity index (χ2v) is 12.4. The van der Waals surface area contributed by atoms with Crippen LogP contribution in [0.25, 0.3) is 0 Å². The molecule has 1 unspecified atom stereocenters. The second kappa shape index (κ2) is 15.3. The van der Waals surface area contributed by atoms with Gasteiger partial charge in [-0.15, -0.1) is 0 Å². The van der Waals surface area contributed by atoms with Crippen LogP contribution in [-0.4, -0.2) is 82.2 Å². The predicted molar refractivity (Wildman–Crippen MR) is 162 cm³/mol. The van der Waals surface area contributed by atoms with Gasteiger partial charge in [0, 0.05) is 47.1 Å². The van der Waals surface area contributed by atoms with Crippen molar-refractivity contribution in [3.63, 3.8) is 0 Å². The average Bonchev–Trinajstić information content (AvgIpc) is 3.31. The third kappa shape index (κ3) is 8.91. The topological polar surface area (TPSA) is 155 Å². The van der Waals surface area contributed by atoms with E-state index in [0.717, 1.165) is 10.5 Å². The molecule has 0 spiro atoms. The van der Waals surface area contributed by atoms with Crippen molar-refractivity contribution in [2.75, 3.05) is 36.6 Å². The van der Waals surface area contributed by atoms with Crippen molar-refractivity contribution >= 4 is 57.2 Å².